The lowest BCUT2D eigenvalue weighted by Gasteiger charge is -2.23. The first-order chi connectivity index (χ1) is 6.60. The largest absolute Gasteiger partial charge is 0.469 e. The highest BCUT2D eigenvalue weighted by Crippen LogP contribution is 2.22. The van der Waals surface area contributed by atoms with Crippen molar-refractivity contribution in [2.45, 2.75) is 32.7 Å². The fraction of sp³-hybridized carbons (Fsp3) is 0.800. The fourth-order valence-corrected chi connectivity index (χ4v) is 1.70. The summed E-state index contributed by atoms with van der Waals surface area (Å²) in [5, 5.41) is 0. The number of nitrogens with zero attached hydrogens (tertiary/aromatic N) is 1. The van der Waals surface area contributed by atoms with E-state index in [9.17, 15) is 9.59 Å². The van der Waals surface area contributed by atoms with Crippen molar-refractivity contribution in [3.8, 4) is 0 Å². The van der Waals surface area contributed by atoms with E-state index in [-0.39, 0.29) is 23.8 Å². The lowest BCUT2D eigenvalue weighted by molar-refractivity contribution is -0.145. The van der Waals surface area contributed by atoms with Crippen molar-refractivity contribution in [1.29, 1.82) is 0 Å². The van der Waals surface area contributed by atoms with E-state index in [0.717, 1.165) is 6.42 Å². The quantitative estimate of drug-likeness (QED) is 0.632. The molecule has 0 aromatic carbocycles. The second kappa shape index (κ2) is 4.44. The van der Waals surface area contributed by atoms with Crippen LogP contribution in [0.2, 0.25) is 0 Å². The summed E-state index contributed by atoms with van der Waals surface area (Å²) in [6.45, 7) is 4.54. The molecule has 4 nitrogen and oxygen atoms in total. The zero-order valence-corrected chi connectivity index (χ0v) is 8.95. The number of likely N-dealkylation sites (tertiary alicyclic amines) is 1. The Morgan fingerprint density at radius 3 is 2.86 bits per heavy atom. The van der Waals surface area contributed by atoms with E-state index in [0.29, 0.717) is 13.0 Å². The Kier molecular flexibility index (Phi) is 3.49. The minimum atomic E-state index is -0.274. The summed E-state index contributed by atoms with van der Waals surface area (Å²) < 4.78 is 4.63. The fourth-order valence-electron chi connectivity index (χ4n) is 1.70. The number of ether oxygens (including phenoxy) is 1. The molecule has 1 aliphatic heterocycles. The van der Waals surface area contributed by atoms with Gasteiger partial charge in [-0.1, -0.05) is 6.92 Å². The summed E-state index contributed by atoms with van der Waals surface area (Å²) >= 11 is 0. The molecule has 14 heavy (non-hydrogen) atoms. The van der Waals surface area contributed by atoms with Gasteiger partial charge in [-0.05, 0) is 13.3 Å². The van der Waals surface area contributed by atoms with Gasteiger partial charge >= 0.3 is 5.97 Å². The van der Waals surface area contributed by atoms with Crippen LogP contribution >= 0.6 is 0 Å². The molecule has 1 saturated heterocycles. The summed E-state index contributed by atoms with van der Waals surface area (Å²) in [7, 11) is 1.36. The van der Waals surface area contributed by atoms with Crippen LogP contribution in [0.3, 0.4) is 0 Å². The molecule has 1 heterocycles. The molecule has 0 bridgehead atoms. The molecule has 0 spiro atoms. The minimum Gasteiger partial charge on any atom is -0.469 e. The number of hydrogen-bond donors (Lipinski definition) is 0. The van der Waals surface area contributed by atoms with Gasteiger partial charge in [0.2, 0.25) is 5.91 Å². The number of amides is 1. The molecular weight excluding hydrogens is 182 g/mol. The summed E-state index contributed by atoms with van der Waals surface area (Å²) in [5.74, 6) is -0.472. The molecule has 0 unspecified atom stereocenters. The highest BCUT2D eigenvalue weighted by atomic mass is 16.5. The average molecular weight is 199 g/mol. The van der Waals surface area contributed by atoms with Crippen LogP contribution in [0.25, 0.3) is 0 Å². The standard InChI is InChI=1S/C10H17NO3/c1-4-7(2)11-6-8(5-9(11)12)10(13)14-3/h7-8H,4-6H2,1-3H3/t7-,8-/m1/s1. The SMILES string of the molecule is CC[C@@H](C)N1C[C@H](C(=O)OC)CC1=O. The molecule has 0 aromatic heterocycles. The molecule has 4 heteroatoms. The zero-order valence-electron chi connectivity index (χ0n) is 8.95. The second-order valence-corrected chi connectivity index (χ2v) is 3.73. The van der Waals surface area contributed by atoms with E-state index in [1.807, 2.05) is 13.8 Å². The smallest absolute Gasteiger partial charge is 0.310 e. The van der Waals surface area contributed by atoms with Crippen LogP contribution < -0.4 is 0 Å². The number of hydrogen-bond acceptors (Lipinski definition) is 3. The summed E-state index contributed by atoms with van der Waals surface area (Å²) in [6, 6.07) is 0.220. The third-order valence-electron chi connectivity index (χ3n) is 2.82. The molecule has 0 radical (unpaired) electrons. The maximum absolute atomic E-state index is 11.5. The maximum Gasteiger partial charge on any atom is 0.310 e. The molecule has 0 N–H and O–H groups in total. The topological polar surface area (TPSA) is 46.6 Å². The Balaban J connectivity index is 2.60. The van der Waals surface area contributed by atoms with Crippen LogP contribution in [0.5, 0.6) is 0 Å². The molecule has 0 saturated carbocycles. The van der Waals surface area contributed by atoms with E-state index >= 15 is 0 Å². The number of carbonyl (C=O) groups excluding carboxylic acids is 2. The van der Waals surface area contributed by atoms with Crippen molar-refractivity contribution in [3.05, 3.63) is 0 Å². The first-order valence-corrected chi connectivity index (χ1v) is 4.97. The maximum atomic E-state index is 11.5. The highest BCUT2D eigenvalue weighted by molar-refractivity contribution is 5.86. The normalized spacial score (nSPS) is 23.8. The molecular formula is C10H17NO3. The van der Waals surface area contributed by atoms with Crippen LogP contribution in [0.4, 0.5) is 0 Å². The van der Waals surface area contributed by atoms with Crippen molar-refractivity contribution in [3.63, 3.8) is 0 Å². The second-order valence-electron chi connectivity index (χ2n) is 3.73. The van der Waals surface area contributed by atoms with Crippen molar-refractivity contribution in [1.82, 2.24) is 4.90 Å². The minimum absolute atomic E-state index is 0.0646. The van der Waals surface area contributed by atoms with Crippen molar-refractivity contribution < 1.29 is 14.3 Å². The van der Waals surface area contributed by atoms with Gasteiger partial charge in [-0.2, -0.15) is 0 Å². The number of carbonyl (C=O) groups is 2. The Morgan fingerprint density at radius 1 is 1.71 bits per heavy atom. The van der Waals surface area contributed by atoms with Gasteiger partial charge in [0.1, 0.15) is 0 Å². The van der Waals surface area contributed by atoms with Gasteiger partial charge in [0.15, 0.2) is 0 Å². The van der Waals surface area contributed by atoms with Crippen LogP contribution in [0.15, 0.2) is 0 Å². The third-order valence-corrected chi connectivity index (χ3v) is 2.82. The van der Waals surface area contributed by atoms with Crippen molar-refractivity contribution in [2.75, 3.05) is 13.7 Å². The first kappa shape index (κ1) is 11.0. The van der Waals surface area contributed by atoms with Crippen LogP contribution in [0, 0.1) is 5.92 Å². The monoisotopic (exact) mass is 199 g/mol. The van der Waals surface area contributed by atoms with Gasteiger partial charge in [-0.25, -0.2) is 0 Å². The number of rotatable bonds is 3. The van der Waals surface area contributed by atoms with Crippen LogP contribution in [-0.4, -0.2) is 36.5 Å². The predicted octanol–water partition coefficient (Wildman–Crippen LogP) is 0.806. The average Bonchev–Trinajstić information content (AvgIpc) is 2.58. The van der Waals surface area contributed by atoms with Gasteiger partial charge in [0.05, 0.1) is 13.0 Å². The molecule has 1 rings (SSSR count). The summed E-state index contributed by atoms with van der Waals surface area (Å²) in [4.78, 5) is 24.5. The van der Waals surface area contributed by atoms with E-state index in [1.165, 1.54) is 7.11 Å². The first-order valence-electron chi connectivity index (χ1n) is 4.97. The number of esters is 1. The van der Waals surface area contributed by atoms with Crippen molar-refractivity contribution in [2.24, 2.45) is 5.92 Å². The Bertz CT molecular complexity index is 240. The van der Waals surface area contributed by atoms with Gasteiger partial charge in [0.25, 0.3) is 0 Å². The molecule has 2 atom stereocenters. The Morgan fingerprint density at radius 2 is 2.36 bits per heavy atom. The molecule has 1 amide bonds. The van der Waals surface area contributed by atoms with Gasteiger partial charge in [0, 0.05) is 19.0 Å². The van der Waals surface area contributed by atoms with Gasteiger partial charge in [-0.15, -0.1) is 0 Å². The predicted molar refractivity (Wildman–Crippen MR) is 51.6 cm³/mol. The zero-order chi connectivity index (χ0) is 10.7. The van der Waals surface area contributed by atoms with E-state index in [4.69, 9.17) is 0 Å². The molecule has 1 fully saturated rings. The van der Waals surface area contributed by atoms with E-state index in [2.05, 4.69) is 4.74 Å². The lowest BCUT2D eigenvalue weighted by Crippen LogP contribution is -2.34. The lowest BCUT2D eigenvalue weighted by atomic mass is 10.1. The summed E-state index contributed by atoms with van der Waals surface area (Å²) in [6.07, 6.45) is 1.22. The number of methoxy groups -OCH3 is 1. The van der Waals surface area contributed by atoms with Crippen molar-refractivity contribution >= 4 is 11.9 Å². The van der Waals surface area contributed by atoms with E-state index in [1.54, 1.807) is 4.90 Å². The Labute approximate surface area is 84.2 Å². The van der Waals surface area contributed by atoms with E-state index < -0.39 is 0 Å². The van der Waals surface area contributed by atoms with Gasteiger partial charge in [-0.3, -0.25) is 9.59 Å². The Hall–Kier alpha value is -1.06. The summed E-state index contributed by atoms with van der Waals surface area (Å²) in [5.41, 5.74) is 0. The molecule has 80 valence electrons. The van der Waals surface area contributed by atoms with Crippen LogP contribution in [-0.2, 0) is 14.3 Å². The highest BCUT2D eigenvalue weighted by Gasteiger charge is 2.36. The molecule has 0 aromatic rings. The molecule has 0 aliphatic carbocycles. The third kappa shape index (κ3) is 2.05. The molecule has 1 aliphatic rings. The van der Waals surface area contributed by atoms with Gasteiger partial charge < -0.3 is 9.64 Å². The van der Waals surface area contributed by atoms with Crippen LogP contribution in [0.1, 0.15) is 26.7 Å².